The molecule has 48 heavy (non-hydrogen) atoms. The van der Waals surface area contributed by atoms with Gasteiger partial charge in [0.25, 0.3) is 0 Å². The molecule has 0 saturated heterocycles. The summed E-state index contributed by atoms with van der Waals surface area (Å²) in [7, 11) is 3.34. The number of aromatic nitrogens is 2. The number of nitrogens with zero attached hydrogens (tertiary/aromatic N) is 3. The number of hydrogen-bond donors (Lipinski definition) is 0. The van der Waals surface area contributed by atoms with Crippen LogP contribution < -0.4 is 14.2 Å². The Morgan fingerprint density at radius 3 is 1.60 bits per heavy atom. The molecule has 4 aromatic carbocycles. The number of ether oxygens (including phenoxy) is 3. The topological polar surface area (TPSA) is 65.9 Å². The first kappa shape index (κ1) is 34.7. The standard InChI is InChI=1S/C20H20ClFN2O3.C16H10ClF2NO/c1-24(25-2)11-12-26-19-10-7-14(20(22)23-19)13-27-18-9-8-17(21)15-5-3-4-6-16(15)18;17-13-6-7-14(12-4-2-1-3-11(12)13)21-9-10-5-8-15(18)20-16(10)19/h3-10H,11-13H2,1-2H3;1-8H,9H2. The van der Waals surface area contributed by atoms with Crippen LogP contribution in [-0.4, -0.2) is 42.3 Å². The minimum atomic E-state index is -0.867. The summed E-state index contributed by atoms with van der Waals surface area (Å²) >= 11 is 12.3. The highest BCUT2D eigenvalue weighted by molar-refractivity contribution is 6.36. The second-order valence-corrected chi connectivity index (χ2v) is 11.1. The highest BCUT2D eigenvalue weighted by Gasteiger charge is 2.11. The first-order valence-corrected chi connectivity index (χ1v) is 15.4. The van der Waals surface area contributed by atoms with Crippen LogP contribution in [0.2, 0.25) is 10.0 Å². The molecule has 0 aliphatic heterocycles. The normalized spacial score (nSPS) is 11.0. The summed E-state index contributed by atoms with van der Waals surface area (Å²) in [6.45, 7) is 0.888. The van der Waals surface area contributed by atoms with Gasteiger partial charge in [0.15, 0.2) is 0 Å². The van der Waals surface area contributed by atoms with Crippen LogP contribution in [0.1, 0.15) is 11.1 Å². The Morgan fingerprint density at radius 2 is 1.10 bits per heavy atom. The zero-order valence-electron chi connectivity index (χ0n) is 25.9. The third-order valence-corrected chi connectivity index (χ3v) is 7.85. The lowest BCUT2D eigenvalue weighted by Crippen LogP contribution is -2.23. The largest absolute Gasteiger partial charge is 0.488 e. The van der Waals surface area contributed by atoms with Crippen LogP contribution in [0.25, 0.3) is 21.5 Å². The van der Waals surface area contributed by atoms with Crippen LogP contribution >= 0.6 is 23.2 Å². The monoisotopic (exact) mass is 695 g/mol. The molecule has 7 nitrogen and oxygen atoms in total. The number of fused-ring (bicyclic) bond motifs is 2. The van der Waals surface area contributed by atoms with Crippen molar-refractivity contribution in [2.75, 3.05) is 27.3 Å². The number of pyridine rings is 2. The van der Waals surface area contributed by atoms with Crippen LogP contribution in [-0.2, 0) is 18.1 Å². The molecule has 0 bridgehead atoms. The van der Waals surface area contributed by atoms with Gasteiger partial charge in [-0.3, -0.25) is 0 Å². The van der Waals surface area contributed by atoms with E-state index in [1.54, 1.807) is 55.6 Å². The molecule has 2 heterocycles. The molecule has 0 saturated carbocycles. The van der Waals surface area contributed by atoms with Gasteiger partial charge in [0.2, 0.25) is 23.7 Å². The van der Waals surface area contributed by atoms with Gasteiger partial charge in [0, 0.05) is 55.8 Å². The Hall–Kier alpha value is -4.61. The van der Waals surface area contributed by atoms with Gasteiger partial charge >= 0.3 is 0 Å². The van der Waals surface area contributed by atoms with Gasteiger partial charge in [-0.2, -0.15) is 28.2 Å². The van der Waals surface area contributed by atoms with Crippen LogP contribution in [0.5, 0.6) is 17.4 Å². The van der Waals surface area contributed by atoms with Gasteiger partial charge in [-0.15, -0.1) is 0 Å². The number of hydrogen-bond acceptors (Lipinski definition) is 7. The molecule has 0 atom stereocenters. The molecule has 0 aliphatic rings. The van der Waals surface area contributed by atoms with E-state index in [0.717, 1.165) is 27.6 Å². The van der Waals surface area contributed by atoms with E-state index in [-0.39, 0.29) is 24.7 Å². The van der Waals surface area contributed by atoms with E-state index in [2.05, 4.69) is 9.97 Å². The van der Waals surface area contributed by atoms with E-state index in [0.29, 0.717) is 40.3 Å². The van der Waals surface area contributed by atoms with Crippen LogP contribution in [0.4, 0.5) is 13.2 Å². The zero-order valence-corrected chi connectivity index (χ0v) is 27.4. The third-order valence-electron chi connectivity index (χ3n) is 7.19. The summed E-state index contributed by atoms with van der Waals surface area (Å²) in [6.07, 6.45) is 0. The molecule has 0 radical (unpaired) electrons. The maximum atomic E-state index is 14.3. The number of benzene rings is 4. The molecule has 0 fully saturated rings. The van der Waals surface area contributed by atoms with Crippen molar-refractivity contribution in [2.45, 2.75) is 13.2 Å². The number of hydroxylamine groups is 2. The molecule has 0 N–H and O–H groups in total. The van der Waals surface area contributed by atoms with Crippen molar-refractivity contribution in [3.05, 3.63) is 136 Å². The molecule has 0 spiro atoms. The summed E-state index contributed by atoms with van der Waals surface area (Å²) in [4.78, 5) is 11.9. The SMILES string of the molecule is CON(C)CCOc1ccc(COc2ccc(Cl)c3ccccc23)c(F)n1.Fc1ccc(COc2ccc(Cl)c3ccccc23)c(F)n1. The van der Waals surface area contributed by atoms with Crippen molar-refractivity contribution in [2.24, 2.45) is 0 Å². The Labute approximate surface area is 285 Å². The number of likely N-dealkylation sites (N-methyl/N-ethyl adjacent to an activating group) is 1. The lowest BCUT2D eigenvalue weighted by atomic mass is 10.1. The smallest absolute Gasteiger partial charge is 0.222 e. The van der Waals surface area contributed by atoms with Crippen LogP contribution in [0.3, 0.4) is 0 Å². The average Bonchev–Trinajstić information content (AvgIpc) is 3.09. The fourth-order valence-corrected chi connectivity index (χ4v) is 5.04. The van der Waals surface area contributed by atoms with E-state index in [1.165, 1.54) is 6.07 Å². The number of rotatable bonds is 11. The van der Waals surface area contributed by atoms with E-state index in [4.69, 9.17) is 42.3 Å². The van der Waals surface area contributed by atoms with Gasteiger partial charge in [-0.05, 0) is 42.5 Å². The fraction of sp³-hybridized carbons (Fsp3) is 0.167. The lowest BCUT2D eigenvalue weighted by molar-refractivity contribution is -0.113. The summed E-state index contributed by atoms with van der Waals surface area (Å²) < 4.78 is 57.3. The van der Waals surface area contributed by atoms with E-state index >= 15 is 0 Å². The van der Waals surface area contributed by atoms with Crippen molar-refractivity contribution < 1.29 is 32.2 Å². The average molecular weight is 697 g/mol. The first-order valence-electron chi connectivity index (χ1n) is 14.7. The first-order chi connectivity index (χ1) is 23.2. The Bertz CT molecular complexity index is 2020. The maximum absolute atomic E-state index is 14.3. The van der Waals surface area contributed by atoms with Gasteiger partial charge in [-0.25, -0.2) is 0 Å². The Balaban J connectivity index is 0.000000194. The highest BCUT2D eigenvalue weighted by Crippen LogP contribution is 2.33. The molecule has 0 aliphatic carbocycles. The Kier molecular flexibility index (Phi) is 11.9. The predicted molar refractivity (Wildman–Crippen MR) is 180 cm³/mol. The Morgan fingerprint density at radius 1 is 0.604 bits per heavy atom. The maximum Gasteiger partial charge on any atom is 0.222 e. The van der Waals surface area contributed by atoms with Crippen molar-refractivity contribution in [1.82, 2.24) is 15.0 Å². The van der Waals surface area contributed by atoms with Gasteiger partial charge < -0.3 is 19.0 Å². The minimum Gasteiger partial charge on any atom is -0.488 e. The third kappa shape index (κ3) is 8.84. The molecular formula is C36H30Cl2F3N3O4. The minimum absolute atomic E-state index is 0.0370. The van der Waals surface area contributed by atoms with E-state index in [9.17, 15) is 13.2 Å². The predicted octanol–water partition coefficient (Wildman–Crippen LogP) is 9.22. The molecular weight excluding hydrogens is 666 g/mol. The van der Waals surface area contributed by atoms with Crippen molar-refractivity contribution in [3.8, 4) is 17.4 Å². The molecule has 248 valence electrons. The second-order valence-electron chi connectivity index (χ2n) is 10.3. The highest BCUT2D eigenvalue weighted by atomic mass is 35.5. The molecule has 0 unspecified atom stereocenters. The zero-order chi connectivity index (χ0) is 34.0. The molecule has 6 aromatic rings. The van der Waals surface area contributed by atoms with Crippen LogP contribution in [0, 0.1) is 17.8 Å². The summed E-state index contributed by atoms with van der Waals surface area (Å²) in [5, 5.41) is 6.32. The molecule has 12 heteroatoms. The van der Waals surface area contributed by atoms with Gasteiger partial charge in [0.1, 0.15) is 31.3 Å². The van der Waals surface area contributed by atoms with Crippen molar-refractivity contribution in [1.29, 1.82) is 0 Å². The lowest BCUT2D eigenvalue weighted by Gasteiger charge is -2.14. The fourth-order valence-electron chi connectivity index (χ4n) is 4.59. The van der Waals surface area contributed by atoms with E-state index in [1.807, 2.05) is 48.5 Å². The quantitative estimate of drug-likeness (QED) is 0.0989. The van der Waals surface area contributed by atoms with Crippen molar-refractivity contribution >= 4 is 44.7 Å². The summed E-state index contributed by atoms with van der Waals surface area (Å²) in [5.74, 6) is -0.902. The summed E-state index contributed by atoms with van der Waals surface area (Å²) in [5.41, 5.74) is 0.533. The van der Waals surface area contributed by atoms with Gasteiger partial charge in [0.05, 0.1) is 13.7 Å². The molecule has 2 aromatic heterocycles. The molecule has 0 amide bonds. The second kappa shape index (κ2) is 16.5. The van der Waals surface area contributed by atoms with Gasteiger partial charge in [-0.1, -0.05) is 71.7 Å². The van der Waals surface area contributed by atoms with Crippen LogP contribution in [0.15, 0.2) is 97.1 Å². The van der Waals surface area contributed by atoms with Crippen molar-refractivity contribution in [3.63, 3.8) is 0 Å². The number of halogens is 5. The van der Waals surface area contributed by atoms with E-state index < -0.39 is 17.8 Å². The summed E-state index contributed by atoms with van der Waals surface area (Å²) in [6, 6.07) is 27.8. The molecule has 6 rings (SSSR count).